The quantitative estimate of drug-likeness (QED) is 0.0791. The fourth-order valence-electron chi connectivity index (χ4n) is 6.12. The molecule has 6 nitrogen and oxygen atoms in total. The summed E-state index contributed by atoms with van der Waals surface area (Å²) in [6.07, 6.45) is -3.14. The van der Waals surface area contributed by atoms with Gasteiger partial charge in [0.15, 0.2) is 5.16 Å². The highest BCUT2D eigenvalue weighted by molar-refractivity contribution is 8.00. The number of hydrogen-bond donors (Lipinski definition) is 0. The number of halogens is 4. The molecule has 0 aliphatic heterocycles. The Morgan fingerprint density at radius 2 is 1.52 bits per heavy atom. The van der Waals surface area contributed by atoms with Crippen LogP contribution in [-0.4, -0.2) is 51.4 Å². The van der Waals surface area contributed by atoms with Crippen LogP contribution in [0.1, 0.15) is 79.1 Å². The molecule has 0 N–H and O–H groups in total. The van der Waals surface area contributed by atoms with E-state index in [-0.39, 0.29) is 11.7 Å². The Kier molecular flexibility index (Phi) is 10.3. The molecule has 0 bridgehead atoms. The number of likely N-dealkylation sites (N-methyl/N-ethyl adjacent to an activating group) is 1. The SMILES string of the molecule is [2H]C(C)(c1ccc(-c2ccc(C(F)(F)F)cc2)cc1)N(CCN(CC)CC)C(=O)C([2H])([2H])n1c(SC(C)(C)c2ccc(F)cc2)nc(=O)c2c1CCC2. The van der Waals surface area contributed by atoms with E-state index in [0.29, 0.717) is 72.4 Å². The van der Waals surface area contributed by atoms with E-state index in [1.54, 1.807) is 36.4 Å². The lowest BCUT2D eigenvalue weighted by atomic mass is 9.99. The molecular weight excluding hydrogens is 665 g/mol. The van der Waals surface area contributed by atoms with Gasteiger partial charge in [0, 0.05) is 29.1 Å². The number of nitrogens with zero attached hydrogens (tertiary/aromatic N) is 4. The standard InChI is InChI=1S/C39H44F4N4O2S/c1-6-45(7-2)23-24-46(26(3)27-11-13-28(14-12-27)29-15-17-31(18-16-29)39(41,42)43)35(48)25-47-34-10-8-9-33(34)36(49)44-37(47)50-38(4,5)30-19-21-32(40)22-20-30/h11-22,26H,6-10,23-25H2,1-5H3/i25D2,26D. The second kappa shape index (κ2) is 15.5. The summed E-state index contributed by atoms with van der Waals surface area (Å²) in [5, 5.41) is -0.000374. The molecule has 1 atom stereocenters. The molecule has 1 unspecified atom stereocenters. The summed E-state index contributed by atoms with van der Waals surface area (Å²) in [7, 11) is 0. The van der Waals surface area contributed by atoms with Gasteiger partial charge in [0.1, 0.15) is 12.3 Å². The first-order chi connectivity index (χ1) is 24.8. The third kappa shape index (κ3) is 8.49. The average molecular weight is 712 g/mol. The Bertz CT molecular complexity index is 1980. The molecule has 1 amide bonds. The van der Waals surface area contributed by atoms with Gasteiger partial charge < -0.3 is 14.4 Å². The van der Waals surface area contributed by atoms with E-state index in [0.717, 1.165) is 23.9 Å². The van der Waals surface area contributed by atoms with Crippen molar-refractivity contribution in [3.05, 3.63) is 117 Å². The maximum atomic E-state index is 14.8. The van der Waals surface area contributed by atoms with Crippen molar-refractivity contribution in [1.29, 1.82) is 0 Å². The first kappa shape index (κ1) is 33.2. The van der Waals surface area contributed by atoms with Crippen molar-refractivity contribution in [3.63, 3.8) is 0 Å². The van der Waals surface area contributed by atoms with Gasteiger partial charge in [-0.05, 0) is 99.6 Å². The highest BCUT2D eigenvalue weighted by atomic mass is 32.2. The molecule has 1 aliphatic carbocycles. The Balaban J connectivity index is 1.56. The molecule has 4 aromatic rings. The van der Waals surface area contributed by atoms with E-state index in [9.17, 15) is 31.3 Å². The lowest BCUT2D eigenvalue weighted by molar-refractivity contribution is -0.137. The van der Waals surface area contributed by atoms with Crippen LogP contribution in [0.15, 0.2) is 82.7 Å². The average Bonchev–Trinajstić information content (AvgIpc) is 3.60. The molecule has 11 heteroatoms. The molecule has 50 heavy (non-hydrogen) atoms. The lowest BCUT2D eigenvalue weighted by Gasteiger charge is -2.33. The summed E-state index contributed by atoms with van der Waals surface area (Å²) in [6.45, 7) is 8.03. The number of alkyl halides is 3. The molecule has 0 saturated heterocycles. The summed E-state index contributed by atoms with van der Waals surface area (Å²) in [6, 6.07) is 15.4. The number of hydrogen-bond acceptors (Lipinski definition) is 5. The summed E-state index contributed by atoms with van der Waals surface area (Å²) < 4.78 is 82.3. The van der Waals surface area contributed by atoms with E-state index < -0.39 is 46.3 Å². The van der Waals surface area contributed by atoms with Crippen LogP contribution in [0.25, 0.3) is 11.1 Å². The predicted molar refractivity (Wildman–Crippen MR) is 191 cm³/mol. The molecule has 0 spiro atoms. The van der Waals surface area contributed by atoms with Crippen molar-refractivity contribution >= 4 is 17.7 Å². The van der Waals surface area contributed by atoms with Gasteiger partial charge in [-0.15, -0.1) is 0 Å². The van der Waals surface area contributed by atoms with Crippen LogP contribution in [0.3, 0.4) is 0 Å². The van der Waals surface area contributed by atoms with Crippen molar-refractivity contribution in [3.8, 4) is 11.1 Å². The van der Waals surface area contributed by atoms with Crippen molar-refractivity contribution < 1.29 is 26.5 Å². The summed E-state index contributed by atoms with van der Waals surface area (Å²) in [4.78, 5) is 35.7. The Labute approximate surface area is 299 Å². The normalized spacial score (nSPS) is 15.6. The Morgan fingerprint density at radius 3 is 2.10 bits per heavy atom. The zero-order valence-electron chi connectivity index (χ0n) is 31.9. The number of carbonyl (C=O) groups excluding carboxylic acids is 1. The first-order valence-corrected chi connectivity index (χ1v) is 17.6. The topological polar surface area (TPSA) is 58.4 Å². The second-order valence-corrected chi connectivity index (χ2v) is 14.4. The monoisotopic (exact) mass is 711 g/mol. The van der Waals surface area contributed by atoms with Gasteiger partial charge in [-0.2, -0.15) is 18.2 Å². The number of benzene rings is 3. The van der Waals surface area contributed by atoms with E-state index >= 15 is 0 Å². The second-order valence-electron chi connectivity index (χ2n) is 12.8. The summed E-state index contributed by atoms with van der Waals surface area (Å²) in [5.74, 6) is -1.41. The smallest absolute Gasteiger partial charge is 0.333 e. The highest BCUT2D eigenvalue weighted by Crippen LogP contribution is 2.41. The summed E-state index contributed by atoms with van der Waals surface area (Å²) in [5.41, 5.74) is 1.71. The maximum absolute atomic E-state index is 14.8. The number of aromatic nitrogens is 2. The van der Waals surface area contributed by atoms with Crippen LogP contribution in [-0.2, 0) is 35.1 Å². The van der Waals surface area contributed by atoms with Gasteiger partial charge in [-0.25, -0.2) is 4.39 Å². The number of rotatable bonds is 13. The fourth-order valence-corrected chi connectivity index (χ4v) is 7.20. The van der Waals surface area contributed by atoms with Gasteiger partial charge in [0.05, 0.1) is 15.7 Å². The molecule has 266 valence electrons. The molecule has 0 fully saturated rings. The van der Waals surface area contributed by atoms with E-state index in [1.807, 2.05) is 27.7 Å². The fraction of sp³-hybridized carbons (Fsp3) is 0.410. The number of thioether (sulfide) groups is 1. The van der Waals surface area contributed by atoms with Crippen LogP contribution in [0.5, 0.6) is 0 Å². The molecule has 1 aromatic heterocycles. The maximum Gasteiger partial charge on any atom is 0.416 e. The minimum Gasteiger partial charge on any atom is -0.333 e. The number of amides is 1. The van der Waals surface area contributed by atoms with Gasteiger partial charge in [0.25, 0.3) is 5.56 Å². The largest absolute Gasteiger partial charge is 0.416 e. The molecule has 3 aromatic carbocycles. The molecular formula is C39H44F4N4O2S. The molecule has 1 aliphatic rings. The van der Waals surface area contributed by atoms with E-state index in [4.69, 9.17) is 0 Å². The molecule has 5 rings (SSSR count). The molecule has 1 heterocycles. The van der Waals surface area contributed by atoms with Crippen molar-refractivity contribution in [2.24, 2.45) is 0 Å². The van der Waals surface area contributed by atoms with Gasteiger partial charge in [0.2, 0.25) is 5.91 Å². The van der Waals surface area contributed by atoms with Gasteiger partial charge in [-0.1, -0.05) is 74.1 Å². The minimum absolute atomic E-state index is 0.0000457. The predicted octanol–water partition coefficient (Wildman–Crippen LogP) is 8.52. The van der Waals surface area contributed by atoms with Crippen molar-refractivity contribution in [2.45, 2.75) is 82.5 Å². The number of carbonyl (C=O) groups is 1. The minimum atomic E-state index is -4.47. The van der Waals surface area contributed by atoms with Crippen LogP contribution >= 0.6 is 11.8 Å². The van der Waals surface area contributed by atoms with E-state index in [2.05, 4.69) is 9.88 Å². The molecule has 0 radical (unpaired) electrons. The lowest BCUT2D eigenvalue weighted by Crippen LogP contribution is -2.42. The third-order valence-electron chi connectivity index (χ3n) is 9.23. The summed E-state index contributed by atoms with van der Waals surface area (Å²) >= 11 is 1.10. The van der Waals surface area contributed by atoms with Crippen molar-refractivity contribution in [2.75, 3.05) is 26.2 Å². The van der Waals surface area contributed by atoms with Crippen LogP contribution < -0.4 is 5.56 Å². The third-order valence-corrected chi connectivity index (χ3v) is 10.4. The van der Waals surface area contributed by atoms with Crippen LogP contribution in [0, 0.1) is 5.82 Å². The Hall–Kier alpha value is -3.96. The zero-order valence-corrected chi connectivity index (χ0v) is 29.7. The van der Waals surface area contributed by atoms with Crippen LogP contribution in [0.4, 0.5) is 17.6 Å². The van der Waals surface area contributed by atoms with Gasteiger partial charge in [-0.3, -0.25) is 9.59 Å². The van der Waals surface area contributed by atoms with Crippen LogP contribution in [0.2, 0.25) is 0 Å². The van der Waals surface area contributed by atoms with Gasteiger partial charge >= 0.3 is 6.18 Å². The Morgan fingerprint density at radius 1 is 0.940 bits per heavy atom. The zero-order chi connectivity index (χ0) is 38.9. The molecule has 0 saturated carbocycles. The first-order valence-electron chi connectivity index (χ1n) is 18.2. The number of fused-ring (bicyclic) bond motifs is 1. The van der Waals surface area contributed by atoms with E-state index in [1.165, 1.54) is 40.7 Å². The highest BCUT2D eigenvalue weighted by Gasteiger charge is 2.32. The van der Waals surface area contributed by atoms with Crippen molar-refractivity contribution in [1.82, 2.24) is 19.4 Å².